The molecule has 27 heavy (non-hydrogen) atoms. The summed E-state index contributed by atoms with van der Waals surface area (Å²) in [6, 6.07) is 10.3. The topological polar surface area (TPSA) is 69.7 Å². The molecular formula is C19H15ClN2O4S. The Hall–Kier alpha value is -2.77. The Kier molecular flexibility index (Phi) is 5.13. The minimum absolute atomic E-state index is 0.290. The SMILES string of the molecule is O=C(Nc1cc2c(cc1Cl)OCCO2)c1ccccc1OCc1cscn1. The van der Waals surface area contributed by atoms with Crippen LogP contribution in [-0.4, -0.2) is 24.1 Å². The molecule has 4 rings (SSSR count). The van der Waals surface area contributed by atoms with Crippen molar-refractivity contribution in [2.45, 2.75) is 6.61 Å². The van der Waals surface area contributed by atoms with Gasteiger partial charge in [0.1, 0.15) is 25.6 Å². The van der Waals surface area contributed by atoms with E-state index in [4.69, 9.17) is 25.8 Å². The van der Waals surface area contributed by atoms with E-state index in [1.807, 2.05) is 11.4 Å². The van der Waals surface area contributed by atoms with E-state index < -0.39 is 0 Å². The van der Waals surface area contributed by atoms with Crippen molar-refractivity contribution in [2.75, 3.05) is 18.5 Å². The summed E-state index contributed by atoms with van der Waals surface area (Å²) >= 11 is 7.77. The number of amides is 1. The van der Waals surface area contributed by atoms with Gasteiger partial charge in [-0.15, -0.1) is 11.3 Å². The molecule has 8 heteroatoms. The van der Waals surface area contributed by atoms with Crippen molar-refractivity contribution in [3.8, 4) is 17.2 Å². The van der Waals surface area contributed by atoms with Crippen molar-refractivity contribution < 1.29 is 19.0 Å². The van der Waals surface area contributed by atoms with E-state index in [2.05, 4.69) is 10.3 Å². The highest BCUT2D eigenvalue weighted by atomic mass is 35.5. The second kappa shape index (κ2) is 7.85. The summed E-state index contributed by atoms with van der Waals surface area (Å²) < 4.78 is 16.8. The van der Waals surface area contributed by atoms with Crippen molar-refractivity contribution in [3.05, 3.63) is 63.6 Å². The van der Waals surface area contributed by atoms with Gasteiger partial charge in [-0.05, 0) is 12.1 Å². The lowest BCUT2D eigenvalue weighted by Crippen LogP contribution is -2.17. The standard InChI is InChI=1S/C19H15ClN2O4S/c20-14-7-17-18(25-6-5-24-17)8-15(14)22-19(23)13-3-1-2-4-16(13)26-9-12-10-27-11-21-12/h1-4,7-8,10-11H,5-6,9H2,(H,22,23). The average Bonchev–Trinajstić information content (AvgIpc) is 3.21. The molecule has 0 fully saturated rings. The number of hydrogen-bond acceptors (Lipinski definition) is 6. The molecule has 6 nitrogen and oxygen atoms in total. The Bertz CT molecular complexity index is 962. The highest BCUT2D eigenvalue weighted by molar-refractivity contribution is 7.07. The van der Waals surface area contributed by atoms with E-state index in [9.17, 15) is 4.79 Å². The van der Waals surface area contributed by atoms with E-state index in [1.165, 1.54) is 11.3 Å². The molecule has 0 radical (unpaired) electrons. The number of thiazole rings is 1. The van der Waals surface area contributed by atoms with Gasteiger partial charge in [-0.2, -0.15) is 0 Å². The lowest BCUT2D eigenvalue weighted by Gasteiger charge is -2.20. The molecule has 0 unspecified atom stereocenters. The molecule has 138 valence electrons. The van der Waals surface area contributed by atoms with Crippen LogP contribution in [0.25, 0.3) is 0 Å². The third-order valence-electron chi connectivity index (χ3n) is 3.87. The zero-order valence-electron chi connectivity index (χ0n) is 14.1. The predicted molar refractivity (Wildman–Crippen MR) is 103 cm³/mol. The number of halogens is 1. The number of carbonyl (C=O) groups excluding carboxylic acids is 1. The third-order valence-corrected chi connectivity index (χ3v) is 4.82. The Morgan fingerprint density at radius 2 is 2.00 bits per heavy atom. The highest BCUT2D eigenvalue weighted by Gasteiger charge is 2.18. The molecule has 1 amide bonds. The molecule has 0 atom stereocenters. The number of fused-ring (bicyclic) bond motifs is 1. The summed E-state index contributed by atoms with van der Waals surface area (Å²) in [6.45, 7) is 1.21. The van der Waals surface area contributed by atoms with Crippen molar-refractivity contribution >= 4 is 34.5 Å². The zero-order chi connectivity index (χ0) is 18.6. The number of hydrogen-bond donors (Lipinski definition) is 1. The summed E-state index contributed by atoms with van der Waals surface area (Å²) in [5.74, 6) is 1.25. The number of benzene rings is 2. The van der Waals surface area contributed by atoms with Gasteiger partial charge in [0, 0.05) is 17.5 Å². The fourth-order valence-electron chi connectivity index (χ4n) is 2.59. The smallest absolute Gasteiger partial charge is 0.259 e. The first-order chi connectivity index (χ1) is 13.2. The quantitative estimate of drug-likeness (QED) is 0.685. The maximum Gasteiger partial charge on any atom is 0.259 e. The molecule has 0 aliphatic carbocycles. The summed E-state index contributed by atoms with van der Waals surface area (Å²) in [6.07, 6.45) is 0. The first-order valence-electron chi connectivity index (χ1n) is 8.20. The minimum Gasteiger partial charge on any atom is -0.486 e. The number of anilines is 1. The molecule has 0 bridgehead atoms. The van der Waals surface area contributed by atoms with Gasteiger partial charge >= 0.3 is 0 Å². The molecule has 1 N–H and O–H groups in total. The van der Waals surface area contributed by atoms with Crippen LogP contribution in [0, 0.1) is 0 Å². The molecule has 0 saturated carbocycles. The fourth-order valence-corrected chi connectivity index (χ4v) is 3.33. The Morgan fingerprint density at radius 1 is 1.22 bits per heavy atom. The van der Waals surface area contributed by atoms with Crippen LogP contribution in [-0.2, 0) is 6.61 Å². The van der Waals surface area contributed by atoms with Crippen molar-refractivity contribution in [3.63, 3.8) is 0 Å². The monoisotopic (exact) mass is 402 g/mol. The highest BCUT2D eigenvalue weighted by Crippen LogP contribution is 2.38. The number of nitrogens with one attached hydrogen (secondary N) is 1. The number of aromatic nitrogens is 1. The number of carbonyl (C=O) groups is 1. The summed E-state index contributed by atoms with van der Waals surface area (Å²) in [7, 11) is 0. The number of para-hydroxylation sites is 1. The van der Waals surface area contributed by atoms with Crippen LogP contribution in [0.3, 0.4) is 0 Å². The molecular weight excluding hydrogens is 388 g/mol. The molecule has 1 aliphatic heterocycles. The Labute approximate surface area is 164 Å². The summed E-state index contributed by atoms with van der Waals surface area (Å²) in [5, 5.41) is 5.08. The predicted octanol–water partition coefficient (Wildman–Crippen LogP) is 4.40. The maximum absolute atomic E-state index is 12.8. The minimum atomic E-state index is -0.331. The van der Waals surface area contributed by atoms with Gasteiger partial charge in [0.15, 0.2) is 11.5 Å². The molecule has 3 aromatic rings. The van der Waals surface area contributed by atoms with Crippen LogP contribution in [0.4, 0.5) is 5.69 Å². The van der Waals surface area contributed by atoms with Crippen LogP contribution in [0.15, 0.2) is 47.3 Å². The van der Waals surface area contributed by atoms with Crippen molar-refractivity contribution in [2.24, 2.45) is 0 Å². The number of ether oxygens (including phenoxy) is 3. The van der Waals surface area contributed by atoms with Crippen molar-refractivity contribution in [1.82, 2.24) is 4.98 Å². The zero-order valence-corrected chi connectivity index (χ0v) is 15.7. The third kappa shape index (κ3) is 3.99. The second-order valence-electron chi connectivity index (χ2n) is 5.69. The summed E-state index contributed by atoms with van der Waals surface area (Å²) in [5.41, 5.74) is 3.39. The first kappa shape index (κ1) is 17.6. The molecule has 0 saturated heterocycles. The van der Waals surface area contributed by atoms with Gasteiger partial charge < -0.3 is 19.5 Å². The van der Waals surface area contributed by atoms with Crippen LogP contribution < -0.4 is 19.5 Å². The van der Waals surface area contributed by atoms with Crippen LogP contribution in [0.2, 0.25) is 5.02 Å². The molecule has 1 aromatic heterocycles. The van der Waals surface area contributed by atoms with E-state index in [0.29, 0.717) is 53.3 Å². The van der Waals surface area contributed by atoms with E-state index in [1.54, 1.807) is 35.8 Å². The van der Waals surface area contributed by atoms with E-state index in [-0.39, 0.29) is 5.91 Å². The Morgan fingerprint density at radius 3 is 2.78 bits per heavy atom. The van der Waals surface area contributed by atoms with Crippen LogP contribution in [0.5, 0.6) is 17.2 Å². The van der Waals surface area contributed by atoms with Crippen LogP contribution >= 0.6 is 22.9 Å². The lowest BCUT2D eigenvalue weighted by atomic mass is 10.1. The van der Waals surface area contributed by atoms with Gasteiger partial charge in [-0.3, -0.25) is 4.79 Å². The van der Waals surface area contributed by atoms with Gasteiger partial charge in [-0.25, -0.2) is 4.98 Å². The fraction of sp³-hybridized carbons (Fsp3) is 0.158. The molecule has 2 aromatic carbocycles. The number of nitrogens with zero attached hydrogens (tertiary/aromatic N) is 1. The largest absolute Gasteiger partial charge is 0.486 e. The summed E-state index contributed by atoms with van der Waals surface area (Å²) in [4.78, 5) is 17.0. The van der Waals surface area contributed by atoms with Crippen molar-refractivity contribution in [1.29, 1.82) is 0 Å². The van der Waals surface area contributed by atoms with E-state index >= 15 is 0 Å². The maximum atomic E-state index is 12.8. The van der Waals surface area contributed by atoms with Gasteiger partial charge in [0.25, 0.3) is 5.91 Å². The Balaban J connectivity index is 1.53. The molecule has 1 aliphatic rings. The van der Waals surface area contributed by atoms with Gasteiger partial charge in [-0.1, -0.05) is 23.7 Å². The average molecular weight is 403 g/mol. The van der Waals surface area contributed by atoms with Gasteiger partial charge in [0.2, 0.25) is 0 Å². The number of rotatable bonds is 5. The molecule has 0 spiro atoms. The molecule has 2 heterocycles. The second-order valence-corrected chi connectivity index (χ2v) is 6.82. The normalized spacial score (nSPS) is 12.5. The van der Waals surface area contributed by atoms with Gasteiger partial charge in [0.05, 0.1) is 27.5 Å². The van der Waals surface area contributed by atoms with Crippen LogP contribution in [0.1, 0.15) is 16.1 Å². The lowest BCUT2D eigenvalue weighted by molar-refractivity contribution is 0.102. The first-order valence-corrected chi connectivity index (χ1v) is 9.52. The van der Waals surface area contributed by atoms with E-state index in [0.717, 1.165) is 5.69 Å².